The normalized spacial score (nSPS) is 11.2. The van der Waals surface area contributed by atoms with Gasteiger partial charge in [-0.3, -0.25) is 0 Å². The molecular formula is C10H14N4OS. The van der Waals surface area contributed by atoms with E-state index in [2.05, 4.69) is 29.0 Å². The number of hydrogen-bond donors (Lipinski definition) is 1. The van der Waals surface area contributed by atoms with Gasteiger partial charge in [0.1, 0.15) is 22.4 Å². The molecule has 16 heavy (non-hydrogen) atoms. The van der Waals surface area contributed by atoms with Gasteiger partial charge in [-0.1, -0.05) is 25.2 Å². The first-order chi connectivity index (χ1) is 7.70. The van der Waals surface area contributed by atoms with E-state index in [-0.39, 0.29) is 6.61 Å². The van der Waals surface area contributed by atoms with Crippen molar-refractivity contribution in [1.82, 2.24) is 19.7 Å². The Morgan fingerprint density at radius 1 is 1.44 bits per heavy atom. The SMILES string of the molecule is CC(C)c1nnc(Cn2ccnc2CO)s1. The first-order valence-electron chi connectivity index (χ1n) is 5.14. The van der Waals surface area contributed by atoms with Crippen LogP contribution in [0, 0.1) is 0 Å². The predicted octanol–water partition coefficient (Wildman–Crippen LogP) is 1.40. The van der Waals surface area contributed by atoms with Gasteiger partial charge in [0, 0.05) is 18.3 Å². The fourth-order valence-electron chi connectivity index (χ4n) is 1.35. The van der Waals surface area contributed by atoms with Gasteiger partial charge in [0.2, 0.25) is 0 Å². The molecule has 0 aliphatic heterocycles. The Morgan fingerprint density at radius 3 is 2.88 bits per heavy atom. The average Bonchev–Trinajstić information content (AvgIpc) is 2.87. The van der Waals surface area contributed by atoms with E-state index in [4.69, 9.17) is 5.11 Å². The Morgan fingerprint density at radius 2 is 2.25 bits per heavy atom. The van der Waals surface area contributed by atoms with Crippen LogP contribution in [-0.2, 0) is 13.2 Å². The third-order valence-corrected chi connectivity index (χ3v) is 3.43. The summed E-state index contributed by atoms with van der Waals surface area (Å²) in [5.74, 6) is 1.06. The van der Waals surface area contributed by atoms with Crippen molar-refractivity contribution in [2.45, 2.75) is 32.9 Å². The van der Waals surface area contributed by atoms with Crippen LogP contribution in [0.2, 0.25) is 0 Å². The maximum atomic E-state index is 9.06. The molecule has 5 nitrogen and oxygen atoms in total. The summed E-state index contributed by atoms with van der Waals surface area (Å²) in [6, 6.07) is 0. The van der Waals surface area contributed by atoms with Crippen LogP contribution < -0.4 is 0 Å². The van der Waals surface area contributed by atoms with E-state index in [1.165, 1.54) is 0 Å². The largest absolute Gasteiger partial charge is 0.388 e. The zero-order valence-corrected chi connectivity index (χ0v) is 10.1. The number of nitrogens with zero attached hydrogens (tertiary/aromatic N) is 4. The van der Waals surface area contributed by atoms with Crippen LogP contribution in [0.3, 0.4) is 0 Å². The van der Waals surface area contributed by atoms with Gasteiger partial charge in [-0.2, -0.15) is 0 Å². The number of aliphatic hydroxyl groups is 1. The van der Waals surface area contributed by atoms with E-state index in [1.54, 1.807) is 17.5 Å². The maximum absolute atomic E-state index is 9.06. The molecule has 2 heterocycles. The molecule has 0 aromatic carbocycles. The summed E-state index contributed by atoms with van der Waals surface area (Å²) in [6.45, 7) is 4.77. The summed E-state index contributed by atoms with van der Waals surface area (Å²) >= 11 is 1.61. The number of rotatable bonds is 4. The van der Waals surface area contributed by atoms with Crippen molar-refractivity contribution in [3.05, 3.63) is 28.2 Å². The van der Waals surface area contributed by atoms with Crippen molar-refractivity contribution in [2.24, 2.45) is 0 Å². The molecule has 0 bridgehead atoms. The average molecular weight is 238 g/mol. The Kier molecular flexibility index (Phi) is 3.31. The molecule has 0 atom stereocenters. The van der Waals surface area contributed by atoms with Crippen LogP contribution in [0.5, 0.6) is 0 Å². The molecule has 2 rings (SSSR count). The minimum atomic E-state index is -0.0527. The van der Waals surface area contributed by atoms with Crippen LogP contribution in [0.25, 0.3) is 0 Å². The summed E-state index contributed by atoms with van der Waals surface area (Å²) in [6.07, 6.45) is 3.51. The van der Waals surface area contributed by atoms with Crippen LogP contribution in [0.15, 0.2) is 12.4 Å². The van der Waals surface area contributed by atoms with E-state index in [9.17, 15) is 0 Å². The number of aliphatic hydroxyl groups excluding tert-OH is 1. The molecule has 2 aromatic heterocycles. The summed E-state index contributed by atoms with van der Waals surface area (Å²) in [4.78, 5) is 4.04. The lowest BCUT2D eigenvalue weighted by atomic mass is 10.2. The first kappa shape index (κ1) is 11.2. The molecular weight excluding hydrogens is 224 g/mol. The zero-order chi connectivity index (χ0) is 11.5. The standard InChI is InChI=1S/C10H14N4OS/c1-7(2)10-13-12-9(16-10)5-14-4-3-11-8(14)6-15/h3-4,7,15H,5-6H2,1-2H3. The minimum Gasteiger partial charge on any atom is -0.388 e. The van der Waals surface area contributed by atoms with Crippen molar-refractivity contribution in [3.8, 4) is 0 Å². The third-order valence-electron chi connectivity index (χ3n) is 2.23. The summed E-state index contributed by atoms with van der Waals surface area (Å²) in [5.41, 5.74) is 0. The number of aromatic nitrogens is 4. The van der Waals surface area contributed by atoms with E-state index in [1.807, 2.05) is 10.8 Å². The fraction of sp³-hybridized carbons (Fsp3) is 0.500. The zero-order valence-electron chi connectivity index (χ0n) is 9.29. The molecule has 2 aromatic rings. The maximum Gasteiger partial charge on any atom is 0.137 e. The molecule has 0 radical (unpaired) electrons. The molecule has 0 aliphatic carbocycles. The molecule has 0 spiro atoms. The lowest BCUT2D eigenvalue weighted by molar-refractivity contribution is 0.266. The fourth-order valence-corrected chi connectivity index (χ4v) is 2.19. The summed E-state index contributed by atoms with van der Waals surface area (Å²) in [7, 11) is 0. The van der Waals surface area contributed by atoms with E-state index < -0.39 is 0 Å². The highest BCUT2D eigenvalue weighted by Crippen LogP contribution is 2.19. The van der Waals surface area contributed by atoms with Crippen LogP contribution in [-0.4, -0.2) is 24.9 Å². The van der Waals surface area contributed by atoms with E-state index >= 15 is 0 Å². The van der Waals surface area contributed by atoms with E-state index in [0.717, 1.165) is 10.0 Å². The van der Waals surface area contributed by atoms with E-state index in [0.29, 0.717) is 18.3 Å². The summed E-state index contributed by atoms with van der Waals surface area (Å²) < 4.78 is 1.88. The second-order valence-corrected chi connectivity index (χ2v) is 4.91. The highest BCUT2D eigenvalue weighted by atomic mass is 32.1. The number of imidazole rings is 1. The molecule has 0 aliphatic rings. The lowest BCUT2D eigenvalue weighted by Gasteiger charge is -2.01. The smallest absolute Gasteiger partial charge is 0.137 e. The van der Waals surface area contributed by atoms with Gasteiger partial charge in [-0.05, 0) is 0 Å². The molecule has 86 valence electrons. The minimum absolute atomic E-state index is 0.0527. The van der Waals surface area contributed by atoms with Gasteiger partial charge < -0.3 is 9.67 Å². The monoisotopic (exact) mass is 238 g/mol. The van der Waals surface area contributed by atoms with Gasteiger partial charge in [-0.15, -0.1) is 10.2 Å². The molecule has 1 N–H and O–H groups in total. The molecule has 0 saturated heterocycles. The van der Waals surface area contributed by atoms with Crippen molar-refractivity contribution < 1.29 is 5.11 Å². The predicted molar refractivity (Wildman–Crippen MR) is 61.2 cm³/mol. The van der Waals surface area contributed by atoms with Crippen LogP contribution in [0.1, 0.15) is 35.6 Å². The molecule has 0 saturated carbocycles. The first-order valence-corrected chi connectivity index (χ1v) is 5.95. The Hall–Kier alpha value is -1.27. The van der Waals surface area contributed by atoms with Gasteiger partial charge >= 0.3 is 0 Å². The highest BCUT2D eigenvalue weighted by Gasteiger charge is 2.09. The van der Waals surface area contributed by atoms with Gasteiger partial charge in [0.05, 0.1) is 6.54 Å². The second-order valence-electron chi connectivity index (χ2n) is 3.82. The molecule has 0 unspecified atom stereocenters. The molecule has 6 heteroatoms. The topological polar surface area (TPSA) is 63.8 Å². The van der Waals surface area contributed by atoms with Gasteiger partial charge in [-0.25, -0.2) is 4.98 Å². The van der Waals surface area contributed by atoms with Crippen molar-refractivity contribution in [3.63, 3.8) is 0 Å². The number of hydrogen-bond acceptors (Lipinski definition) is 5. The van der Waals surface area contributed by atoms with Crippen molar-refractivity contribution in [2.75, 3.05) is 0 Å². The van der Waals surface area contributed by atoms with Crippen LogP contribution in [0.4, 0.5) is 0 Å². The summed E-state index contributed by atoms with van der Waals surface area (Å²) in [5, 5.41) is 19.3. The van der Waals surface area contributed by atoms with Gasteiger partial charge in [0.15, 0.2) is 0 Å². The Balaban J connectivity index is 2.14. The molecule has 0 amide bonds. The Labute approximate surface area is 97.8 Å². The molecule has 0 fully saturated rings. The quantitative estimate of drug-likeness (QED) is 0.874. The Bertz CT molecular complexity index is 463. The second kappa shape index (κ2) is 4.71. The van der Waals surface area contributed by atoms with Crippen LogP contribution >= 0.6 is 11.3 Å². The van der Waals surface area contributed by atoms with Crippen molar-refractivity contribution >= 4 is 11.3 Å². The van der Waals surface area contributed by atoms with Gasteiger partial charge in [0.25, 0.3) is 0 Å². The third kappa shape index (κ3) is 2.28. The lowest BCUT2D eigenvalue weighted by Crippen LogP contribution is -2.03. The highest BCUT2D eigenvalue weighted by molar-refractivity contribution is 7.11. The van der Waals surface area contributed by atoms with Crippen molar-refractivity contribution in [1.29, 1.82) is 0 Å².